The molecule has 4 rings (SSSR count). The number of rotatable bonds is 9. The van der Waals surface area contributed by atoms with Crippen LogP contribution in [0, 0.1) is 0 Å². The number of nitrogens with one attached hydrogen (secondary N) is 2. The van der Waals surface area contributed by atoms with Crippen LogP contribution in [0.15, 0.2) is 53.1 Å². The molecule has 0 atom stereocenters. The predicted molar refractivity (Wildman–Crippen MR) is 138 cm³/mol. The molecule has 0 saturated carbocycles. The maximum absolute atomic E-state index is 12.6. The molecule has 2 N–H and O–H groups in total. The van der Waals surface area contributed by atoms with Crippen LogP contribution in [0.2, 0.25) is 0 Å². The molecular formula is C28H35N3O3. The van der Waals surface area contributed by atoms with Crippen molar-refractivity contribution in [3.05, 3.63) is 59.9 Å². The molecule has 0 spiro atoms. The zero-order valence-electron chi connectivity index (χ0n) is 20.2. The number of ketones is 1. The van der Waals surface area contributed by atoms with Crippen molar-refractivity contribution >= 4 is 34.2 Å². The van der Waals surface area contributed by atoms with Crippen LogP contribution >= 0.6 is 0 Å². The first-order valence-corrected chi connectivity index (χ1v) is 12.5. The fraction of sp³-hybridized carbons (Fsp3) is 0.429. The van der Waals surface area contributed by atoms with Gasteiger partial charge in [-0.15, -0.1) is 0 Å². The molecule has 0 radical (unpaired) electrons. The highest BCUT2D eigenvalue weighted by atomic mass is 16.3. The highest BCUT2D eigenvalue weighted by Crippen LogP contribution is 2.35. The number of nitrogens with zero attached hydrogens (tertiary/aromatic N) is 1. The molecule has 3 aromatic rings. The van der Waals surface area contributed by atoms with Gasteiger partial charge in [-0.2, -0.15) is 0 Å². The predicted octanol–water partition coefficient (Wildman–Crippen LogP) is 7.04. The maximum Gasteiger partial charge on any atom is 0.323 e. The van der Waals surface area contributed by atoms with Crippen molar-refractivity contribution in [3.63, 3.8) is 0 Å². The number of carbonyl (C=O) groups excluding carboxylic acids is 2. The van der Waals surface area contributed by atoms with E-state index in [9.17, 15) is 9.59 Å². The number of furan rings is 1. The summed E-state index contributed by atoms with van der Waals surface area (Å²) in [6.45, 7) is 7.52. The number of anilines is 2. The molecule has 1 fully saturated rings. The Hall–Kier alpha value is -3.12. The van der Waals surface area contributed by atoms with E-state index in [1.807, 2.05) is 31.4 Å². The van der Waals surface area contributed by atoms with Gasteiger partial charge in [0, 0.05) is 34.3 Å². The number of likely N-dealkylation sites (tertiary alicyclic amines) is 1. The van der Waals surface area contributed by atoms with Crippen LogP contribution in [0.4, 0.5) is 16.2 Å². The van der Waals surface area contributed by atoms with Crippen LogP contribution in [0.1, 0.15) is 74.2 Å². The first kappa shape index (κ1) is 24.0. The largest absolute Gasteiger partial charge is 0.464 e. The number of carbonyl (C=O) groups is 2. The van der Waals surface area contributed by atoms with Crippen LogP contribution in [-0.2, 0) is 0 Å². The normalized spacial score (nSPS) is 14.9. The highest BCUT2D eigenvalue weighted by molar-refractivity contribution is 6.02. The molecule has 0 aliphatic carbocycles. The number of benzene rings is 2. The summed E-state index contributed by atoms with van der Waals surface area (Å²) < 4.78 is 5.84. The lowest BCUT2D eigenvalue weighted by atomic mass is 9.89. The number of hydrogen-bond donors (Lipinski definition) is 2. The molecule has 6 heteroatoms. The van der Waals surface area contributed by atoms with Gasteiger partial charge in [0.2, 0.25) is 0 Å². The smallest absolute Gasteiger partial charge is 0.323 e. The van der Waals surface area contributed by atoms with Crippen molar-refractivity contribution in [3.8, 4) is 0 Å². The van der Waals surface area contributed by atoms with Gasteiger partial charge in [0.05, 0.1) is 6.26 Å². The van der Waals surface area contributed by atoms with Gasteiger partial charge in [-0.3, -0.25) is 4.79 Å². The topological polar surface area (TPSA) is 74.6 Å². The van der Waals surface area contributed by atoms with E-state index in [0.717, 1.165) is 36.9 Å². The quantitative estimate of drug-likeness (QED) is 0.265. The Bertz CT molecular complexity index is 1130. The summed E-state index contributed by atoms with van der Waals surface area (Å²) in [4.78, 5) is 27.1. The Kier molecular flexibility index (Phi) is 8.01. The van der Waals surface area contributed by atoms with E-state index in [2.05, 4.69) is 22.5 Å². The first-order chi connectivity index (χ1) is 16.6. The standard InChI is InChI=1S/C28H35N3O3/c1-3-5-6-14-31-15-12-20(13-16-31)25-19-34-27-11-10-23(18-24(25)27)30-28(33)29-22-9-7-8-21(17-22)26(32)4-2/h7-11,17-20H,3-6,12-16H2,1-2H3,(H2,29,30,33). The maximum atomic E-state index is 12.6. The Balaban J connectivity index is 1.40. The molecule has 1 aliphatic rings. The van der Waals surface area contributed by atoms with Crippen LogP contribution < -0.4 is 10.6 Å². The summed E-state index contributed by atoms with van der Waals surface area (Å²) in [5.74, 6) is 0.528. The summed E-state index contributed by atoms with van der Waals surface area (Å²) in [5.41, 5.74) is 3.98. The van der Waals surface area contributed by atoms with E-state index in [-0.39, 0.29) is 11.8 Å². The van der Waals surface area contributed by atoms with E-state index in [1.54, 1.807) is 24.3 Å². The molecule has 6 nitrogen and oxygen atoms in total. The fourth-order valence-electron chi connectivity index (χ4n) is 4.76. The van der Waals surface area contributed by atoms with E-state index in [0.29, 0.717) is 29.3 Å². The van der Waals surface area contributed by atoms with Crippen molar-refractivity contribution in [2.45, 2.75) is 58.3 Å². The molecule has 2 heterocycles. The Labute approximate surface area is 201 Å². The molecule has 2 aromatic carbocycles. The summed E-state index contributed by atoms with van der Waals surface area (Å²) in [5, 5.41) is 6.81. The second kappa shape index (κ2) is 11.3. The number of Topliss-reactive ketones (excluding diaryl/α,β-unsaturated/α-hetero) is 1. The van der Waals surface area contributed by atoms with Gasteiger partial charge >= 0.3 is 6.03 Å². The number of amides is 2. The monoisotopic (exact) mass is 461 g/mol. The average Bonchev–Trinajstić information content (AvgIpc) is 3.27. The van der Waals surface area contributed by atoms with Crippen molar-refractivity contribution in [2.24, 2.45) is 0 Å². The zero-order chi connectivity index (χ0) is 23.9. The first-order valence-electron chi connectivity index (χ1n) is 12.5. The third-order valence-corrected chi connectivity index (χ3v) is 6.73. The average molecular weight is 462 g/mol. The van der Waals surface area contributed by atoms with Gasteiger partial charge < -0.3 is 20.0 Å². The third kappa shape index (κ3) is 5.86. The molecule has 1 saturated heterocycles. The molecule has 0 unspecified atom stereocenters. The molecule has 34 heavy (non-hydrogen) atoms. The number of piperidine rings is 1. The van der Waals surface area contributed by atoms with Crippen molar-refractivity contribution in [1.29, 1.82) is 0 Å². The number of fused-ring (bicyclic) bond motifs is 1. The lowest BCUT2D eigenvalue weighted by molar-refractivity contribution is 0.0988. The second-order valence-corrected chi connectivity index (χ2v) is 9.16. The minimum absolute atomic E-state index is 0.0498. The number of unbranched alkanes of at least 4 members (excludes halogenated alkanes) is 2. The van der Waals surface area contributed by atoms with E-state index in [4.69, 9.17) is 4.42 Å². The van der Waals surface area contributed by atoms with E-state index >= 15 is 0 Å². The zero-order valence-corrected chi connectivity index (χ0v) is 20.2. The fourth-order valence-corrected chi connectivity index (χ4v) is 4.76. The lowest BCUT2D eigenvalue weighted by Gasteiger charge is -2.31. The summed E-state index contributed by atoms with van der Waals surface area (Å²) in [6.07, 6.45) is 8.43. The Morgan fingerprint density at radius 2 is 1.76 bits per heavy atom. The Morgan fingerprint density at radius 3 is 2.50 bits per heavy atom. The van der Waals surface area contributed by atoms with E-state index < -0.39 is 0 Å². The van der Waals surface area contributed by atoms with Crippen LogP contribution in [-0.4, -0.2) is 36.3 Å². The van der Waals surface area contributed by atoms with Gasteiger partial charge in [-0.25, -0.2) is 4.79 Å². The number of hydrogen-bond acceptors (Lipinski definition) is 4. The summed E-state index contributed by atoms with van der Waals surface area (Å²) >= 11 is 0. The minimum atomic E-state index is -0.342. The van der Waals surface area contributed by atoms with Crippen molar-refractivity contribution in [2.75, 3.05) is 30.3 Å². The summed E-state index contributed by atoms with van der Waals surface area (Å²) in [7, 11) is 0. The van der Waals surface area contributed by atoms with Crippen molar-refractivity contribution in [1.82, 2.24) is 4.90 Å². The molecule has 2 amide bonds. The van der Waals surface area contributed by atoms with Crippen molar-refractivity contribution < 1.29 is 14.0 Å². The van der Waals surface area contributed by atoms with Gasteiger partial charge in [-0.05, 0) is 75.1 Å². The van der Waals surface area contributed by atoms with Gasteiger partial charge in [-0.1, -0.05) is 38.8 Å². The summed E-state index contributed by atoms with van der Waals surface area (Å²) in [6, 6.07) is 12.4. The van der Waals surface area contributed by atoms with Gasteiger partial charge in [0.15, 0.2) is 5.78 Å². The number of urea groups is 1. The van der Waals surface area contributed by atoms with E-state index in [1.165, 1.54) is 31.4 Å². The van der Waals surface area contributed by atoms with Crippen LogP contribution in [0.25, 0.3) is 11.0 Å². The van der Waals surface area contributed by atoms with Gasteiger partial charge in [0.1, 0.15) is 5.58 Å². The SMILES string of the molecule is CCCCCN1CCC(c2coc3ccc(NC(=O)Nc4cccc(C(=O)CC)c4)cc23)CC1. The second-order valence-electron chi connectivity index (χ2n) is 9.16. The molecule has 1 aliphatic heterocycles. The Morgan fingerprint density at radius 1 is 1.00 bits per heavy atom. The van der Waals surface area contributed by atoms with Crippen LogP contribution in [0.5, 0.6) is 0 Å². The molecule has 1 aromatic heterocycles. The minimum Gasteiger partial charge on any atom is -0.464 e. The molecule has 0 bridgehead atoms. The third-order valence-electron chi connectivity index (χ3n) is 6.73. The highest BCUT2D eigenvalue weighted by Gasteiger charge is 2.23. The molecular weight excluding hydrogens is 426 g/mol. The lowest BCUT2D eigenvalue weighted by Crippen LogP contribution is -2.33. The van der Waals surface area contributed by atoms with Gasteiger partial charge in [0.25, 0.3) is 0 Å². The van der Waals surface area contributed by atoms with Crippen LogP contribution in [0.3, 0.4) is 0 Å². The molecule has 180 valence electrons.